The van der Waals surface area contributed by atoms with Crippen LogP contribution in [0.15, 0.2) is 67.3 Å². The minimum absolute atomic E-state index is 0.515. The molecule has 1 unspecified atom stereocenters. The lowest BCUT2D eigenvalue weighted by Gasteiger charge is -2.13. The highest BCUT2D eigenvalue weighted by atomic mass is 16.5. The Bertz CT molecular complexity index is 533. The van der Waals surface area contributed by atoms with E-state index in [9.17, 15) is 0 Å². The summed E-state index contributed by atoms with van der Waals surface area (Å²) >= 11 is 0. The normalized spacial score (nSPS) is 11.9. The first-order chi connectivity index (χ1) is 10.3. The van der Waals surface area contributed by atoms with Crippen LogP contribution in [0.1, 0.15) is 24.0 Å². The standard InChI is InChI=1S/C19H23NO/c1-3-13-21-19-11-9-17(10-12-19)15-20-14-16(2)18-7-5-4-6-8-18/h3-12,16,20H,1,13-15H2,2H3. The van der Waals surface area contributed by atoms with Gasteiger partial charge in [0.2, 0.25) is 0 Å². The van der Waals surface area contributed by atoms with Crippen molar-refractivity contribution in [2.24, 2.45) is 0 Å². The van der Waals surface area contributed by atoms with E-state index in [1.165, 1.54) is 11.1 Å². The lowest BCUT2D eigenvalue weighted by Crippen LogP contribution is -2.19. The van der Waals surface area contributed by atoms with Crippen molar-refractivity contribution in [1.29, 1.82) is 0 Å². The summed E-state index contributed by atoms with van der Waals surface area (Å²) in [5.41, 5.74) is 2.64. The number of hydrogen-bond donors (Lipinski definition) is 1. The summed E-state index contributed by atoms with van der Waals surface area (Å²) in [6, 6.07) is 18.8. The van der Waals surface area contributed by atoms with Crippen LogP contribution in [0.25, 0.3) is 0 Å². The van der Waals surface area contributed by atoms with Crippen molar-refractivity contribution in [2.75, 3.05) is 13.2 Å². The fraction of sp³-hybridized carbons (Fsp3) is 0.263. The van der Waals surface area contributed by atoms with Crippen molar-refractivity contribution in [2.45, 2.75) is 19.4 Å². The topological polar surface area (TPSA) is 21.3 Å². The molecule has 2 aromatic rings. The van der Waals surface area contributed by atoms with Crippen molar-refractivity contribution >= 4 is 0 Å². The molecule has 0 radical (unpaired) electrons. The molecule has 0 aliphatic carbocycles. The summed E-state index contributed by atoms with van der Waals surface area (Å²) in [4.78, 5) is 0. The van der Waals surface area contributed by atoms with E-state index >= 15 is 0 Å². The molecule has 0 fully saturated rings. The molecule has 0 heterocycles. The van der Waals surface area contributed by atoms with Gasteiger partial charge in [-0.25, -0.2) is 0 Å². The molecule has 0 saturated heterocycles. The van der Waals surface area contributed by atoms with Crippen LogP contribution in [0.5, 0.6) is 5.75 Å². The van der Waals surface area contributed by atoms with E-state index in [-0.39, 0.29) is 0 Å². The maximum atomic E-state index is 5.47. The molecule has 2 rings (SSSR count). The summed E-state index contributed by atoms with van der Waals surface area (Å²) < 4.78 is 5.47. The monoisotopic (exact) mass is 281 g/mol. The van der Waals surface area contributed by atoms with Gasteiger partial charge in [-0.05, 0) is 29.2 Å². The molecule has 21 heavy (non-hydrogen) atoms. The van der Waals surface area contributed by atoms with Crippen LogP contribution in [-0.4, -0.2) is 13.2 Å². The van der Waals surface area contributed by atoms with Gasteiger partial charge in [-0.1, -0.05) is 62.0 Å². The molecule has 1 atom stereocenters. The fourth-order valence-electron chi connectivity index (χ4n) is 2.19. The third-order valence-electron chi connectivity index (χ3n) is 3.44. The Morgan fingerprint density at radius 1 is 1.10 bits per heavy atom. The minimum Gasteiger partial charge on any atom is -0.490 e. The molecule has 2 nitrogen and oxygen atoms in total. The number of benzene rings is 2. The fourth-order valence-corrected chi connectivity index (χ4v) is 2.19. The van der Waals surface area contributed by atoms with Crippen molar-refractivity contribution in [3.05, 3.63) is 78.4 Å². The molecular weight excluding hydrogens is 258 g/mol. The van der Waals surface area contributed by atoms with Gasteiger partial charge in [0.1, 0.15) is 12.4 Å². The molecule has 0 bridgehead atoms. The zero-order valence-electron chi connectivity index (χ0n) is 12.6. The highest BCUT2D eigenvalue weighted by Crippen LogP contribution is 2.14. The molecular formula is C19H23NO. The van der Waals surface area contributed by atoms with Crippen LogP contribution in [0.3, 0.4) is 0 Å². The van der Waals surface area contributed by atoms with Crippen molar-refractivity contribution in [1.82, 2.24) is 5.32 Å². The highest BCUT2D eigenvalue weighted by molar-refractivity contribution is 5.27. The number of rotatable bonds is 8. The molecule has 2 heteroatoms. The number of nitrogens with one attached hydrogen (secondary N) is 1. The Hall–Kier alpha value is -2.06. The van der Waals surface area contributed by atoms with E-state index in [4.69, 9.17) is 4.74 Å². The Labute approximate surface area is 127 Å². The molecule has 0 saturated carbocycles. The van der Waals surface area contributed by atoms with Gasteiger partial charge in [0.15, 0.2) is 0 Å². The smallest absolute Gasteiger partial charge is 0.119 e. The van der Waals surface area contributed by atoms with Crippen LogP contribution < -0.4 is 10.1 Å². The molecule has 0 amide bonds. The molecule has 0 aromatic heterocycles. The van der Waals surface area contributed by atoms with Gasteiger partial charge < -0.3 is 10.1 Å². The first-order valence-electron chi connectivity index (χ1n) is 7.38. The largest absolute Gasteiger partial charge is 0.490 e. The Balaban J connectivity index is 1.77. The van der Waals surface area contributed by atoms with Crippen molar-refractivity contribution in [3.63, 3.8) is 0 Å². The van der Waals surface area contributed by atoms with Gasteiger partial charge in [0.05, 0.1) is 0 Å². The Morgan fingerprint density at radius 2 is 1.81 bits per heavy atom. The van der Waals surface area contributed by atoms with E-state index in [2.05, 4.69) is 61.3 Å². The predicted molar refractivity (Wildman–Crippen MR) is 88.7 cm³/mol. The van der Waals surface area contributed by atoms with Gasteiger partial charge in [-0.2, -0.15) is 0 Å². The third kappa shape index (κ3) is 5.09. The van der Waals surface area contributed by atoms with Crippen LogP contribution >= 0.6 is 0 Å². The quantitative estimate of drug-likeness (QED) is 0.734. The molecule has 0 spiro atoms. The summed E-state index contributed by atoms with van der Waals surface area (Å²) in [6.45, 7) is 8.28. The van der Waals surface area contributed by atoms with E-state index in [1.807, 2.05) is 12.1 Å². The molecule has 1 N–H and O–H groups in total. The van der Waals surface area contributed by atoms with E-state index < -0.39 is 0 Å². The lowest BCUT2D eigenvalue weighted by molar-refractivity contribution is 0.363. The van der Waals surface area contributed by atoms with Crippen molar-refractivity contribution in [3.8, 4) is 5.75 Å². The van der Waals surface area contributed by atoms with Crippen LogP contribution in [0.4, 0.5) is 0 Å². The number of ether oxygens (including phenoxy) is 1. The Morgan fingerprint density at radius 3 is 2.48 bits per heavy atom. The summed E-state index contributed by atoms with van der Waals surface area (Å²) in [6.07, 6.45) is 1.75. The zero-order valence-corrected chi connectivity index (χ0v) is 12.6. The second-order valence-corrected chi connectivity index (χ2v) is 5.19. The highest BCUT2D eigenvalue weighted by Gasteiger charge is 2.04. The lowest BCUT2D eigenvalue weighted by atomic mass is 10.0. The molecule has 0 aliphatic rings. The predicted octanol–water partition coefficient (Wildman–Crippen LogP) is 4.14. The van der Waals surface area contributed by atoms with Crippen LogP contribution in [0, 0.1) is 0 Å². The first-order valence-corrected chi connectivity index (χ1v) is 7.38. The van der Waals surface area contributed by atoms with Gasteiger partial charge in [0.25, 0.3) is 0 Å². The molecule has 2 aromatic carbocycles. The van der Waals surface area contributed by atoms with Gasteiger partial charge in [-0.3, -0.25) is 0 Å². The summed E-state index contributed by atoms with van der Waals surface area (Å²) in [5, 5.41) is 3.51. The molecule has 110 valence electrons. The first kappa shape index (κ1) is 15.3. The van der Waals surface area contributed by atoms with E-state index in [0.717, 1.165) is 18.8 Å². The maximum Gasteiger partial charge on any atom is 0.119 e. The van der Waals surface area contributed by atoms with Gasteiger partial charge >= 0.3 is 0 Å². The summed E-state index contributed by atoms with van der Waals surface area (Å²) in [5.74, 6) is 1.40. The van der Waals surface area contributed by atoms with E-state index in [0.29, 0.717) is 12.5 Å². The third-order valence-corrected chi connectivity index (χ3v) is 3.44. The second-order valence-electron chi connectivity index (χ2n) is 5.19. The van der Waals surface area contributed by atoms with Crippen LogP contribution in [-0.2, 0) is 6.54 Å². The van der Waals surface area contributed by atoms with Gasteiger partial charge in [0, 0.05) is 13.1 Å². The second kappa shape index (κ2) is 8.28. The summed E-state index contributed by atoms with van der Waals surface area (Å²) in [7, 11) is 0. The molecule has 0 aliphatic heterocycles. The van der Waals surface area contributed by atoms with Crippen molar-refractivity contribution < 1.29 is 4.74 Å². The average Bonchev–Trinajstić information content (AvgIpc) is 2.55. The Kier molecular flexibility index (Phi) is 6.04. The minimum atomic E-state index is 0.515. The van der Waals surface area contributed by atoms with Gasteiger partial charge in [-0.15, -0.1) is 0 Å². The average molecular weight is 281 g/mol. The zero-order chi connectivity index (χ0) is 14.9. The SMILES string of the molecule is C=CCOc1ccc(CNCC(C)c2ccccc2)cc1. The maximum absolute atomic E-state index is 5.47. The van der Waals surface area contributed by atoms with Crippen LogP contribution in [0.2, 0.25) is 0 Å². The van der Waals surface area contributed by atoms with E-state index in [1.54, 1.807) is 6.08 Å². The number of hydrogen-bond acceptors (Lipinski definition) is 2.